The Bertz CT molecular complexity index is 631. The molecule has 0 atom stereocenters. The van der Waals surface area contributed by atoms with E-state index in [4.69, 9.17) is 10.5 Å². The lowest BCUT2D eigenvalue weighted by molar-refractivity contribution is -0.112. The first-order valence-electron chi connectivity index (χ1n) is 9.79. The van der Waals surface area contributed by atoms with Gasteiger partial charge in [0.15, 0.2) is 5.78 Å². The molecule has 0 heterocycles. The zero-order chi connectivity index (χ0) is 19.1. The third kappa shape index (κ3) is 5.60. The molecule has 1 aliphatic carbocycles. The second kappa shape index (κ2) is 9.77. The minimum absolute atomic E-state index is 0.0170. The number of nitrogens with two attached hydrogens (primary N) is 1. The van der Waals surface area contributed by atoms with Crippen LogP contribution in [0.25, 0.3) is 5.57 Å². The first-order valence-corrected chi connectivity index (χ1v) is 9.79. The number of rotatable bonds is 8. The number of ketones is 1. The predicted molar refractivity (Wildman–Crippen MR) is 110 cm³/mol. The standard InChI is InChI=1S/C22H34N2O2/c1-16(2)14-24(20-8-6-5-7-9-20)22-11-10-18(13-21(22)23)19(15-26-4)12-17(3)25/h10-13,16,20H,5-9,14-15,23H2,1-4H3/b19-12+. The number of anilines is 2. The van der Waals surface area contributed by atoms with Crippen LogP contribution in [0.15, 0.2) is 24.3 Å². The Kier molecular flexibility index (Phi) is 7.70. The highest BCUT2D eigenvalue weighted by molar-refractivity contribution is 5.95. The summed E-state index contributed by atoms with van der Waals surface area (Å²) in [6.07, 6.45) is 8.06. The van der Waals surface area contributed by atoms with Gasteiger partial charge in [0.2, 0.25) is 0 Å². The summed E-state index contributed by atoms with van der Waals surface area (Å²) in [5, 5.41) is 0. The number of hydrogen-bond acceptors (Lipinski definition) is 4. The molecule has 144 valence electrons. The van der Waals surface area contributed by atoms with E-state index in [9.17, 15) is 4.79 Å². The SMILES string of the molecule is COC/C(=C\C(C)=O)c1ccc(N(CC(C)C)C2CCCCC2)c(N)c1. The first-order chi connectivity index (χ1) is 12.4. The van der Waals surface area contributed by atoms with Crippen molar-refractivity contribution < 1.29 is 9.53 Å². The number of methoxy groups -OCH3 is 1. The fraction of sp³-hybridized carbons (Fsp3) is 0.591. The van der Waals surface area contributed by atoms with E-state index in [0.717, 1.165) is 29.1 Å². The molecule has 0 amide bonds. The van der Waals surface area contributed by atoms with Crippen molar-refractivity contribution in [2.75, 3.05) is 30.9 Å². The summed E-state index contributed by atoms with van der Waals surface area (Å²) >= 11 is 0. The van der Waals surface area contributed by atoms with Gasteiger partial charge in [-0.25, -0.2) is 0 Å². The zero-order valence-corrected chi connectivity index (χ0v) is 16.8. The minimum Gasteiger partial charge on any atom is -0.397 e. The van der Waals surface area contributed by atoms with E-state index < -0.39 is 0 Å². The van der Waals surface area contributed by atoms with Crippen LogP contribution >= 0.6 is 0 Å². The maximum Gasteiger partial charge on any atom is 0.152 e. The zero-order valence-electron chi connectivity index (χ0n) is 16.8. The number of benzene rings is 1. The number of allylic oxidation sites excluding steroid dienone is 1. The topological polar surface area (TPSA) is 55.6 Å². The van der Waals surface area contributed by atoms with Crippen LogP contribution in [0.1, 0.15) is 58.4 Å². The van der Waals surface area contributed by atoms with Crippen molar-refractivity contribution in [3.8, 4) is 0 Å². The van der Waals surface area contributed by atoms with E-state index in [2.05, 4.69) is 30.9 Å². The van der Waals surface area contributed by atoms with Gasteiger partial charge in [-0.3, -0.25) is 4.79 Å². The van der Waals surface area contributed by atoms with Crippen LogP contribution in [0, 0.1) is 5.92 Å². The summed E-state index contributed by atoms with van der Waals surface area (Å²) in [6.45, 7) is 7.49. The smallest absolute Gasteiger partial charge is 0.152 e. The molecule has 2 N–H and O–H groups in total. The molecule has 1 aromatic carbocycles. The van der Waals surface area contributed by atoms with Crippen LogP contribution in [0.3, 0.4) is 0 Å². The van der Waals surface area contributed by atoms with Crippen molar-refractivity contribution in [2.24, 2.45) is 5.92 Å². The molecule has 0 bridgehead atoms. The summed E-state index contributed by atoms with van der Waals surface area (Å²) in [6, 6.07) is 6.74. The third-order valence-corrected chi connectivity index (χ3v) is 4.96. The van der Waals surface area contributed by atoms with Crippen LogP contribution in [0.4, 0.5) is 11.4 Å². The number of nitrogen functional groups attached to an aromatic ring is 1. The highest BCUT2D eigenvalue weighted by Crippen LogP contribution is 2.33. The van der Waals surface area contributed by atoms with Crippen molar-refractivity contribution in [1.82, 2.24) is 0 Å². The van der Waals surface area contributed by atoms with Gasteiger partial charge < -0.3 is 15.4 Å². The molecule has 2 rings (SSSR count). The maximum absolute atomic E-state index is 11.5. The number of carbonyl (C=O) groups excluding carboxylic acids is 1. The molecule has 26 heavy (non-hydrogen) atoms. The van der Waals surface area contributed by atoms with E-state index in [0.29, 0.717) is 18.6 Å². The molecule has 0 spiro atoms. The Balaban J connectivity index is 2.33. The molecule has 0 unspecified atom stereocenters. The Morgan fingerprint density at radius 3 is 2.54 bits per heavy atom. The van der Waals surface area contributed by atoms with Crippen LogP contribution < -0.4 is 10.6 Å². The van der Waals surface area contributed by atoms with Crippen molar-refractivity contribution >= 4 is 22.7 Å². The van der Waals surface area contributed by atoms with Gasteiger partial charge >= 0.3 is 0 Å². The molecule has 1 saturated carbocycles. The molecule has 1 aliphatic rings. The molecule has 0 radical (unpaired) electrons. The normalized spacial score (nSPS) is 16.1. The van der Waals surface area contributed by atoms with Gasteiger partial charge in [-0.05, 0) is 55.0 Å². The number of hydrogen-bond donors (Lipinski definition) is 1. The van der Waals surface area contributed by atoms with Gasteiger partial charge in [0.05, 0.1) is 18.0 Å². The van der Waals surface area contributed by atoms with E-state index in [1.54, 1.807) is 20.1 Å². The molecule has 4 heteroatoms. The van der Waals surface area contributed by atoms with Crippen molar-refractivity contribution in [3.05, 3.63) is 29.8 Å². The maximum atomic E-state index is 11.5. The molecule has 4 nitrogen and oxygen atoms in total. The van der Waals surface area contributed by atoms with Gasteiger partial charge in [0.25, 0.3) is 0 Å². The molecule has 0 aliphatic heterocycles. The summed E-state index contributed by atoms with van der Waals surface area (Å²) < 4.78 is 5.25. The summed E-state index contributed by atoms with van der Waals surface area (Å²) in [5.41, 5.74) is 10.2. The van der Waals surface area contributed by atoms with E-state index >= 15 is 0 Å². The third-order valence-electron chi connectivity index (χ3n) is 4.96. The molecular weight excluding hydrogens is 324 g/mol. The van der Waals surface area contributed by atoms with Gasteiger partial charge in [0.1, 0.15) is 0 Å². The Hall–Kier alpha value is -1.81. The number of carbonyl (C=O) groups is 1. The van der Waals surface area contributed by atoms with Gasteiger partial charge in [0, 0.05) is 19.7 Å². The largest absolute Gasteiger partial charge is 0.397 e. The Labute approximate surface area is 158 Å². The Morgan fingerprint density at radius 1 is 1.31 bits per heavy atom. The lowest BCUT2D eigenvalue weighted by Crippen LogP contribution is -2.39. The average molecular weight is 359 g/mol. The lowest BCUT2D eigenvalue weighted by atomic mass is 9.92. The Morgan fingerprint density at radius 2 is 2.00 bits per heavy atom. The van der Waals surface area contributed by atoms with Crippen molar-refractivity contribution in [1.29, 1.82) is 0 Å². The fourth-order valence-corrected chi connectivity index (χ4v) is 3.86. The minimum atomic E-state index is 0.0170. The quantitative estimate of drug-likeness (QED) is 0.541. The van der Waals surface area contributed by atoms with Crippen LogP contribution in [-0.4, -0.2) is 32.1 Å². The summed E-state index contributed by atoms with van der Waals surface area (Å²) in [7, 11) is 1.64. The first kappa shape index (κ1) is 20.5. The molecule has 0 saturated heterocycles. The summed E-state index contributed by atoms with van der Waals surface area (Å²) in [4.78, 5) is 14.0. The lowest BCUT2D eigenvalue weighted by Gasteiger charge is -2.38. The van der Waals surface area contributed by atoms with Crippen molar-refractivity contribution in [3.63, 3.8) is 0 Å². The molecular formula is C22H34N2O2. The molecule has 0 aromatic heterocycles. The number of ether oxygens (including phenoxy) is 1. The van der Waals surface area contributed by atoms with E-state index in [-0.39, 0.29) is 5.78 Å². The second-order valence-corrected chi connectivity index (χ2v) is 7.82. The van der Waals surface area contributed by atoms with Gasteiger partial charge in [-0.2, -0.15) is 0 Å². The van der Waals surface area contributed by atoms with E-state index in [1.165, 1.54) is 32.1 Å². The van der Waals surface area contributed by atoms with Gasteiger partial charge in [-0.15, -0.1) is 0 Å². The number of nitrogens with zero attached hydrogens (tertiary/aromatic N) is 1. The molecule has 1 fully saturated rings. The van der Waals surface area contributed by atoms with Crippen LogP contribution in [-0.2, 0) is 9.53 Å². The second-order valence-electron chi connectivity index (χ2n) is 7.82. The molecule has 1 aromatic rings. The monoisotopic (exact) mass is 358 g/mol. The average Bonchev–Trinajstić information content (AvgIpc) is 2.60. The van der Waals surface area contributed by atoms with Crippen LogP contribution in [0.5, 0.6) is 0 Å². The highest BCUT2D eigenvalue weighted by atomic mass is 16.5. The van der Waals surface area contributed by atoms with Crippen molar-refractivity contribution in [2.45, 2.75) is 58.9 Å². The van der Waals surface area contributed by atoms with Crippen LogP contribution in [0.2, 0.25) is 0 Å². The summed E-state index contributed by atoms with van der Waals surface area (Å²) in [5.74, 6) is 0.598. The van der Waals surface area contributed by atoms with Gasteiger partial charge in [-0.1, -0.05) is 39.2 Å². The fourth-order valence-electron chi connectivity index (χ4n) is 3.86. The highest BCUT2D eigenvalue weighted by Gasteiger charge is 2.23. The van der Waals surface area contributed by atoms with E-state index in [1.807, 2.05) is 6.07 Å². The predicted octanol–water partition coefficient (Wildman–Crippen LogP) is 4.68.